The monoisotopic (exact) mass is 224 g/mol. The number of rotatable bonds is 5. The highest BCUT2D eigenvalue weighted by Gasteiger charge is 2.11. The summed E-state index contributed by atoms with van der Waals surface area (Å²) >= 11 is 0. The fourth-order valence-corrected chi connectivity index (χ4v) is 1.54. The molecule has 4 nitrogen and oxygen atoms in total. The molecule has 1 heterocycles. The number of hydrogen-bond acceptors (Lipinski definition) is 4. The number of hydrogen-bond donors (Lipinski definition) is 1. The predicted molar refractivity (Wildman–Crippen MR) is 64.7 cm³/mol. The van der Waals surface area contributed by atoms with Gasteiger partial charge in [0.2, 0.25) is 11.8 Å². The van der Waals surface area contributed by atoms with Crippen molar-refractivity contribution in [1.82, 2.24) is 4.98 Å². The maximum Gasteiger partial charge on any atom is 0.240 e. The number of anilines is 1. The van der Waals surface area contributed by atoms with Crippen molar-refractivity contribution in [2.24, 2.45) is 5.92 Å². The first-order chi connectivity index (χ1) is 7.52. The molecule has 1 rings (SSSR count). The van der Waals surface area contributed by atoms with Gasteiger partial charge in [0, 0.05) is 6.07 Å². The van der Waals surface area contributed by atoms with Crippen LogP contribution in [-0.4, -0.2) is 18.2 Å². The summed E-state index contributed by atoms with van der Waals surface area (Å²) in [5, 5.41) is 0. The van der Waals surface area contributed by atoms with Crippen LogP contribution in [0.2, 0.25) is 0 Å². The molecule has 2 N–H and O–H groups in total. The Morgan fingerprint density at radius 3 is 2.56 bits per heavy atom. The van der Waals surface area contributed by atoms with Gasteiger partial charge < -0.3 is 15.2 Å². The Kier molecular flexibility index (Phi) is 4.40. The molecule has 0 saturated carbocycles. The van der Waals surface area contributed by atoms with Crippen LogP contribution in [0.25, 0.3) is 0 Å². The molecule has 0 aliphatic rings. The Bertz CT molecular complexity index is 340. The fourth-order valence-electron chi connectivity index (χ4n) is 1.54. The molecule has 0 bridgehead atoms. The molecule has 1 aromatic rings. The maximum absolute atomic E-state index is 5.78. The van der Waals surface area contributed by atoms with Gasteiger partial charge in [0.1, 0.15) is 0 Å². The summed E-state index contributed by atoms with van der Waals surface area (Å²) in [4.78, 5) is 4.17. The van der Waals surface area contributed by atoms with Gasteiger partial charge in [-0.3, -0.25) is 0 Å². The predicted octanol–water partition coefficient (Wildman–Crippen LogP) is 2.49. The second-order valence-electron chi connectivity index (χ2n) is 4.31. The fraction of sp³-hybridized carbons (Fsp3) is 0.583. The molecule has 1 atom stereocenters. The van der Waals surface area contributed by atoms with E-state index >= 15 is 0 Å². The number of methoxy groups -OCH3 is 1. The molecule has 16 heavy (non-hydrogen) atoms. The van der Waals surface area contributed by atoms with Gasteiger partial charge in [-0.25, -0.2) is 0 Å². The van der Waals surface area contributed by atoms with E-state index in [4.69, 9.17) is 15.2 Å². The minimum absolute atomic E-state index is 0.0990. The van der Waals surface area contributed by atoms with Crippen molar-refractivity contribution in [3.63, 3.8) is 0 Å². The highest BCUT2D eigenvalue weighted by atomic mass is 16.5. The Labute approximate surface area is 96.8 Å². The van der Waals surface area contributed by atoms with Crippen LogP contribution < -0.4 is 15.2 Å². The van der Waals surface area contributed by atoms with Gasteiger partial charge in [-0.05, 0) is 25.3 Å². The Morgan fingerprint density at radius 2 is 2.00 bits per heavy atom. The minimum Gasteiger partial charge on any atom is -0.481 e. The molecule has 0 saturated heterocycles. The largest absolute Gasteiger partial charge is 0.481 e. The molecule has 1 unspecified atom stereocenters. The lowest BCUT2D eigenvalue weighted by Gasteiger charge is -2.17. The highest BCUT2D eigenvalue weighted by molar-refractivity contribution is 5.49. The molecule has 1 aromatic heterocycles. The molecule has 4 heteroatoms. The summed E-state index contributed by atoms with van der Waals surface area (Å²) in [6, 6.07) is 3.46. The smallest absolute Gasteiger partial charge is 0.240 e. The van der Waals surface area contributed by atoms with Crippen LogP contribution in [0.15, 0.2) is 12.1 Å². The van der Waals surface area contributed by atoms with Crippen LogP contribution in [0.3, 0.4) is 0 Å². The molecule has 0 aliphatic heterocycles. The Morgan fingerprint density at radius 1 is 1.31 bits per heavy atom. The topological polar surface area (TPSA) is 57.4 Å². The lowest BCUT2D eigenvalue weighted by atomic mass is 10.1. The lowest BCUT2D eigenvalue weighted by Crippen LogP contribution is -2.16. The first-order valence-corrected chi connectivity index (χ1v) is 5.50. The van der Waals surface area contributed by atoms with E-state index in [9.17, 15) is 0 Å². The van der Waals surface area contributed by atoms with E-state index in [1.165, 1.54) is 0 Å². The zero-order valence-corrected chi connectivity index (χ0v) is 10.4. The average Bonchev–Trinajstić information content (AvgIpc) is 2.20. The van der Waals surface area contributed by atoms with Crippen LogP contribution in [0.1, 0.15) is 27.2 Å². The third-order valence-corrected chi connectivity index (χ3v) is 2.19. The normalized spacial score (nSPS) is 12.6. The SMILES string of the molecule is COc1ccc(N)c(OC(C)CC(C)C)n1. The number of aromatic nitrogens is 1. The maximum atomic E-state index is 5.78. The molecular formula is C12H20N2O2. The molecule has 0 aromatic carbocycles. The third kappa shape index (κ3) is 3.61. The number of nitrogens with zero attached hydrogens (tertiary/aromatic N) is 1. The summed E-state index contributed by atoms with van der Waals surface area (Å²) in [6.45, 7) is 6.32. The summed E-state index contributed by atoms with van der Waals surface area (Å²) in [5.41, 5.74) is 6.32. The van der Waals surface area contributed by atoms with E-state index in [1.54, 1.807) is 19.2 Å². The zero-order chi connectivity index (χ0) is 12.1. The summed E-state index contributed by atoms with van der Waals surface area (Å²) in [6.07, 6.45) is 1.07. The van der Waals surface area contributed by atoms with Crippen LogP contribution >= 0.6 is 0 Å². The Hall–Kier alpha value is -1.45. The second kappa shape index (κ2) is 5.58. The van der Waals surface area contributed by atoms with Crippen molar-refractivity contribution in [2.45, 2.75) is 33.3 Å². The number of pyridine rings is 1. The van der Waals surface area contributed by atoms with Gasteiger partial charge in [0.05, 0.1) is 18.9 Å². The molecule has 0 radical (unpaired) electrons. The molecular weight excluding hydrogens is 204 g/mol. The molecule has 0 fully saturated rings. The standard InChI is InChI=1S/C12H20N2O2/c1-8(2)7-9(3)16-12-10(13)5-6-11(14-12)15-4/h5-6,8-9H,7,13H2,1-4H3. The van der Waals surface area contributed by atoms with Gasteiger partial charge in [0.25, 0.3) is 0 Å². The number of nitrogens with two attached hydrogens (primary N) is 1. The molecule has 0 spiro atoms. The molecule has 0 amide bonds. The van der Waals surface area contributed by atoms with Gasteiger partial charge in [0.15, 0.2) is 0 Å². The van der Waals surface area contributed by atoms with Crippen LogP contribution in [0.5, 0.6) is 11.8 Å². The van der Waals surface area contributed by atoms with Crippen LogP contribution in [0.4, 0.5) is 5.69 Å². The van der Waals surface area contributed by atoms with Crippen molar-refractivity contribution in [3.8, 4) is 11.8 Å². The van der Waals surface area contributed by atoms with Gasteiger partial charge in [-0.1, -0.05) is 13.8 Å². The average molecular weight is 224 g/mol. The number of nitrogen functional groups attached to an aromatic ring is 1. The van der Waals surface area contributed by atoms with E-state index in [0.717, 1.165) is 6.42 Å². The Balaban J connectivity index is 2.71. The van der Waals surface area contributed by atoms with Gasteiger partial charge in [-0.15, -0.1) is 0 Å². The van der Waals surface area contributed by atoms with Crippen molar-refractivity contribution in [3.05, 3.63) is 12.1 Å². The quantitative estimate of drug-likeness (QED) is 0.834. The van der Waals surface area contributed by atoms with Crippen LogP contribution in [-0.2, 0) is 0 Å². The zero-order valence-electron chi connectivity index (χ0n) is 10.4. The third-order valence-electron chi connectivity index (χ3n) is 2.19. The summed E-state index contributed by atoms with van der Waals surface area (Å²) in [5.74, 6) is 1.55. The van der Waals surface area contributed by atoms with Gasteiger partial charge >= 0.3 is 0 Å². The first-order valence-electron chi connectivity index (χ1n) is 5.50. The van der Waals surface area contributed by atoms with Crippen molar-refractivity contribution < 1.29 is 9.47 Å². The van der Waals surface area contributed by atoms with Crippen molar-refractivity contribution >= 4 is 5.69 Å². The van der Waals surface area contributed by atoms with Crippen molar-refractivity contribution in [2.75, 3.05) is 12.8 Å². The summed E-state index contributed by atoms with van der Waals surface area (Å²) in [7, 11) is 1.57. The summed E-state index contributed by atoms with van der Waals surface area (Å²) < 4.78 is 10.7. The van der Waals surface area contributed by atoms with Gasteiger partial charge in [-0.2, -0.15) is 4.98 Å². The number of ether oxygens (including phenoxy) is 2. The van der Waals surface area contributed by atoms with E-state index in [2.05, 4.69) is 18.8 Å². The molecule has 0 aliphatic carbocycles. The van der Waals surface area contributed by atoms with Crippen molar-refractivity contribution in [1.29, 1.82) is 0 Å². The van der Waals surface area contributed by atoms with E-state index in [1.807, 2.05) is 6.92 Å². The minimum atomic E-state index is 0.0990. The molecule has 90 valence electrons. The van der Waals surface area contributed by atoms with Crippen LogP contribution in [0, 0.1) is 5.92 Å². The first kappa shape index (κ1) is 12.6. The van der Waals surface area contributed by atoms with E-state index in [0.29, 0.717) is 23.4 Å². The second-order valence-corrected chi connectivity index (χ2v) is 4.31. The lowest BCUT2D eigenvalue weighted by molar-refractivity contribution is 0.185. The van der Waals surface area contributed by atoms with E-state index < -0.39 is 0 Å². The van der Waals surface area contributed by atoms with E-state index in [-0.39, 0.29) is 6.10 Å². The highest BCUT2D eigenvalue weighted by Crippen LogP contribution is 2.24.